The molecule has 0 spiro atoms. The highest BCUT2D eigenvalue weighted by Crippen LogP contribution is 2.26. The minimum absolute atomic E-state index is 0.735. The van der Waals surface area contributed by atoms with Crippen LogP contribution in [0.15, 0.2) is 53.0 Å². The van der Waals surface area contributed by atoms with Crippen molar-refractivity contribution in [3.05, 3.63) is 63.6 Å². The van der Waals surface area contributed by atoms with Crippen molar-refractivity contribution in [3.63, 3.8) is 0 Å². The average molecular weight is 297 g/mol. The third-order valence-electron chi connectivity index (χ3n) is 2.25. The van der Waals surface area contributed by atoms with Gasteiger partial charge in [0.15, 0.2) is 0 Å². The molecule has 16 heavy (non-hydrogen) atoms. The summed E-state index contributed by atoms with van der Waals surface area (Å²) in [6.45, 7) is 0.791. The molecule has 0 heterocycles. The zero-order valence-electron chi connectivity index (χ0n) is 8.58. The van der Waals surface area contributed by atoms with E-state index in [1.807, 2.05) is 36.4 Å². The summed E-state index contributed by atoms with van der Waals surface area (Å²) in [5, 5.41) is 4.07. The molecule has 0 radical (unpaired) electrons. The van der Waals surface area contributed by atoms with Crippen LogP contribution in [0.1, 0.15) is 5.56 Å². The number of benzene rings is 2. The van der Waals surface area contributed by atoms with E-state index >= 15 is 0 Å². The molecule has 0 aliphatic heterocycles. The lowest BCUT2D eigenvalue weighted by molar-refractivity contribution is 1.15. The minimum atomic E-state index is 0.735. The van der Waals surface area contributed by atoms with Crippen LogP contribution in [-0.2, 0) is 6.54 Å². The Hall–Kier alpha value is -0.990. The zero-order chi connectivity index (χ0) is 11.4. The van der Waals surface area contributed by atoms with E-state index in [9.17, 15) is 0 Å². The van der Waals surface area contributed by atoms with Crippen LogP contribution in [0.5, 0.6) is 0 Å². The Morgan fingerprint density at radius 3 is 2.56 bits per heavy atom. The van der Waals surface area contributed by atoms with Crippen LogP contribution in [-0.4, -0.2) is 0 Å². The minimum Gasteiger partial charge on any atom is -0.380 e. The first-order valence-electron chi connectivity index (χ1n) is 4.98. The van der Waals surface area contributed by atoms with Crippen molar-refractivity contribution in [3.8, 4) is 0 Å². The van der Waals surface area contributed by atoms with E-state index in [1.165, 1.54) is 5.56 Å². The number of rotatable bonds is 3. The fraction of sp³-hybridized carbons (Fsp3) is 0.0769. The smallest absolute Gasteiger partial charge is 0.0502 e. The molecule has 2 rings (SSSR count). The van der Waals surface area contributed by atoms with Crippen LogP contribution in [0.25, 0.3) is 0 Å². The third kappa shape index (κ3) is 3.00. The van der Waals surface area contributed by atoms with Gasteiger partial charge in [0.05, 0.1) is 5.69 Å². The molecule has 0 amide bonds. The monoisotopic (exact) mass is 295 g/mol. The lowest BCUT2D eigenvalue weighted by atomic mass is 10.2. The highest BCUT2D eigenvalue weighted by atomic mass is 79.9. The fourth-order valence-corrected chi connectivity index (χ4v) is 1.99. The first-order chi connectivity index (χ1) is 7.75. The van der Waals surface area contributed by atoms with Gasteiger partial charge >= 0.3 is 0 Å². The van der Waals surface area contributed by atoms with E-state index in [1.54, 1.807) is 0 Å². The van der Waals surface area contributed by atoms with Gasteiger partial charge in [-0.25, -0.2) is 0 Å². The molecule has 2 aromatic rings. The van der Waals surface area contributed by atoms with Crippen LogP contribution >= 0.6 is 27.5 Å². The summed E-state index contributed by atoms with van der Waals surface area (Å²) >= 11 is 9.42. The fourth-order valence-electron chi connectivity index (χ4n) is 1.43. The number of hydrogen-bond donors (Lipinski definition) is 1. The Balaban J connectivity index is 2.08. The molecule has 0 unspecified atom stereocenters. The second-order valence-corrected chi connectivity index (χ2v) is 4.75. The first-order valence-corrected chi connectivity index (χ1v) is 6.15. The predicted octanol–water partition coefficient (Wildman–Crippen LogP) is 4.71. The van der Waals surface area contributed by atoms with Gasteiger partial charge in [0.1, 0.15) is 0 Å². The SMILES string of the molecule is Clc1ccc(Br)c(NCc2ccccc2)c1. The molecule has 0 atom stereocenters. The van der Waals surface area contributed by atoms with Crippen molar-refractivity contribution in [2.75, 3.05) is 5.32 Å². The molecule has 0 bridgehead atoms. The maximum absolute atomic E-state index is 5.94. The Labute approximate surface area is 109 Å². The van der Waals surface area contributed by atoms with Gasteiger partial charge in [-0.05, 0) is 39.7 Å². The molecule has 0 aromatic heterocycles. The molecule has 0 aliphatic rings. The van der Waals surface area contributed by atoms with Crippen molar-refractivity contribution >= 4 is 33.2 Å². The largest absolute Gasteiger partial charge is 0.380 e. The average Bonchev–Trinajstić information content (AvgIpc) is 2.32. The van der Waals surface area contributed by atoms with E-state index in [2.05, 4.69) is 33.4 Å². The summed E-state index contributed by atoms with van der Waals surface area (Å²) in [5.74, 6) is 0. The molecule has 2 aromatic carbocycles. The van der Waals surface area contributed by atoms with Gasteiger partial charge in [0.2, 0.25) is 0 Å². The normalized spacial score (nSPS) is 10.1. The third-order valence-corrected chi connectivity index (χ3v) is 3.18. The topological polar surface area (TPSA) is 12.0 Å². The van der Waals surface area contributed by atoms with Crippen LogP contribution in [0.4, 0.5) is 5.69 Å². The standard InChI is InChI=1S/C13H11BrClN/c14-12-7-6-11(15)8-13(12)16-9-10-4-2-1-3-5-10/h1-8,16H,9H2. The van der Waals surface area contributed by atoms with Gasteiger partial charge in [-0.2, -0.15) is 0 Å². The summed E-state index contributed by atoms with van der Waals surface area (Å²) in [6, 6.07) is 16.0. The lowest BCUT2D eigenvalue weighted by Crippen LogP contribution is -1.99. The molecule has 1 nitrogen and oxygen atoms in total. The molecular formula is C13H11BrClN. The highest BCUT2D eigenvalue weighted by molar-refractivity contribution is 9.10. The summed E-state index contributed by atoms with van der Waals surface area (Å²) in [5.41, 5.74) is 2.26. The molecule has 82 valence electrons. The highest BCUT2D eigenvalue weighted by Gasteiger charge is 2.00. The van der Waals surface area contributed by atoms with E-state index < -0.39 is 0 Å². The molecule has 3 heteroatoms. The lowest BCUT2D eigenvalue weighted by Gasteiger charge is -2.08. The maximum atomic E-state index is 5.94. The molecule has 0 saturated carbocycles. The van der Waals surface area contributed by atoms with E-state index in [0.717, 1.165) is 21.7 Å². The predicted molar refractivity (Wildman–Crippen MR) is 72.9 cm³/mol. The second-order valence-electron chi connectivity index (χ2n) is 3.46. The maximum Gasteiger partial charge on any atom is 0.0502 e. The van der Waals surface area contributed by atoms with E-state index in [4.69, 9.17) is 11.6 Å². The summed E-state index contributed by atoms with van der Waals surface area (Å²) < 4.78 is 1.02. The number of anilines is 1. The number of hydrogen-bond acceptors (Lipinski definition) is 1. The number of nitrogens with one attached hydrogen (secondary N) is 1. The second kappa shape index (κ2) is 5.37. The van der Waals surface area contributed by atoms with Crippen molar-refractivity contribution in [2.24, 2.45) is 0 Å². The Kier molecular flexibility index (Phi) is 3.86. The van der Waals surface area contributed by atoms with Crippen LogP contribution in [0, 0.1) is 0 Å². The van der Waals surface area contributed by atoms with Gasteiger partial charge in [-0.1, -0.05) is 41.9 Å². The van der Waals surface area contributed by atoms with Gasteiger partial charge in [0, 0.05) is 16.0 Å². The molecule has 0 saturated heterocycles. The van der Waals surface area contributed by atoms with Crippen molar-refractivity contribution < 1.29 is 0 Å². The van der Waals surface area contributed by atoms with Gasteiger partial charge in [0.25, 0.3) is 0 Å². The van der Waals surface area contributed by atoms with E-state index in [0.29, 0.717) is 0 Å². The van der Waals surface area contributed by atoms with Gasteiger partial charge < -0.3 is 5.32 Å². The van der Waals surface area contributed by atoms with Crippen molar-refractivity contribution in [1.29, 1.82) is 0 Å². The molecule has 0 fully saturated rings. The Morgan fingerprint density at radius 2 is 1.81 bits per heavy atom. The van der Waals surface area contributed by atoms with E-state index in [-0.39, 0.29) is 0 Å². The summed E-state index contributed by atoms with van der Waals surface area (Å²) in [6.07, 6.45) is 0. The molecular weight excluding hydrogens is 286 g/mol. The van der Waals surface area contributed by atoms with Crippen LogP contribution in [0.3, 0.4) is 0 Å². The molecule has 1 N–H and O–H groups in total. The Bertz CT molecular complexity index is 471. The molecule has 0 aliphatic carbocycles. The van der Waals surface area contributed by atoms with Crippen molar-refractivity contribution in [2.45, 2.75) is 6.54 Å². The van der Waals surface area contributed by atoms with Gasteiger partial charge in [-0.15, -0.1) is 0 Å². The van der Waals surface area contributed by atoms with Crippen LogP contribution < -0.4 is 5.32 Å². The zero-order valence-corrected chi connectivity index (χ0v) is 10.9. The van der Waals surface area contributed by atoms with Crippen LogP contribution in [0.2, 0.25) is 5.02 Å². The van der Waals surface area contributed by atoms with Crippen molar-refractivity contribution in [1.82, 2.24) is 0 Å². The quantitative estimate of drug-likeness (QED) is 0.864. The van der Waals surface area contributed by atoms with Gasteiger partial charge in [-0.3, -0.25) is 0 Å². The summed E-state index contributed by atoms with van der Waals surface area (Å²) in [7, 11) is 0. The summed E-state index contributed by atoms with van der Waals surface area (Å²) in [4.78, 5) is 0. The Morgan fingerprint density at radius 1 is 1.06 bits per heavy atom. The number of halogens is 2. The first kappa shape index (κ1) is 11.5.